The van der Waals surface area contributed by atoms with Crippen molar-refractivity contribution in [1.82, 2.24) is 9.80 Å². The van der Waals surface area contributed by atoms with Gasteiger partial charge in [-0.1, -0.05) is 13.0 Å². The van der Waals surface area contributed by atoms with Gasteiger partial charge in [0.05, 0.1) is 11.5 Å². The van der Waals surface area contributed by atoms with Gasteiger partial charge in [-0.05, 0) is 61.2 Å². The smallest absolute Gasteiger partial charge is 0.341 e. The number of benzene rings is 1. The van der Waals surface area contributed by atoms with Gasteiger partial charge in [0, 0.05) is 13.1 Å². The van der Waals surface area contributed by atoms with Crippen molar-refractivity contribution >= 4 is 40.9 Å². The zero-order chi connectivity index (χ0) is 23.3. The molecule has 9 nitrogen and oxygen atoms in total. The molecule has 2 aliphatic rings. The molecule has 0 saturated carbocycles. The van der Waals surface area contributed by atoms with Crippen LogP contribution in [0.15, 0.2) is 23.1 Å². The minimum Gasteiger partial charge on any atom is -0.490 e. The Labute approximate surface area is 190 Å². The average molecular weight is 463 g/mol. The Bertz CT molecular complexity index is 938. The molecule has 2 fully saturated rings. The van der Waals surface area contributed by atoms with Crippen molar-refractivity contribution in [2.75, 3.05) is 32.8 Å². The number of amides is 3. The highest BCUT2D eigenvalue weighted by atomic mass is 32.2. The molecule has 2 aliphatic heterocycles. The van der Waals surface area contributed by atoms with Crippen molar-refractivity contribution in [2.24, 2.45) is 5.92 Å². The van der Waals surface area contributed by atoms with E-state index in [9.17, 15) is 19.2 Å². The molecule has 0 aromatic heterocycles. The fourth-order valence-corrected chi connectivity index (χ4v) is 4.26. The maximum Gasteiger partial charge on any atom is 0.341 e. The first-order valence-corrected chi connectivity index (χ1v) is 11.2. The molecular formula is C22H26N2O7S. The number of hydrogen-bond acceptors (Lipinski definition) is 7. The van der Waals surface area contributed by atoms with E-state index < -0.39 is 23.7 Å². The van der Waals surface area contributed by atoms with Crippen molar-refractivity contribution in [3.05, 3.63) is 28.7 Å². The van der Waals surface area contributed by atoms with Gasteiger partial charge in [-0.25, -0.2) is 4.79 Å². The Kier molecular flexibility index (Phi) is 7.79. The van der Waals surface area contributed by atoms with Crippen LogP contribution in [0.25, 0.3) is 6.08 Å². The van der Waals surface area contributed by atoms with Gasteiger partial charge in [-0.3, -0.25) is 19.3 Å². The number of piperidine rings is 1. The van der Waals surface area contributed by atoms with Gasteiger partial charge in [-0.15, -0.1) is 0 Å². The number of carbonyl (C=O) groups excluding carboxylic acids is 3. The van der Waals surface area contributed by atoms with Crippen LogP contribution in [0.1, 0.15) is 32.3 Å². The summed E-state index contributed by atoms with van der Waals surface area (Å²) in [5.41, 5.74) is 0.581. The standard InChI is InChI=1S/C22H26N2O7S/c1-3-30-17-10-15(4-5-16(17)31-13-20(26)27)11-18-21(28)24(22(29)32-18)12-19(25)23-8-6-14(2)7-9-23/h4-5,10-11,14H,3,6-9,12-13H2,1-2H3,(H,26,27). The summed E-state index contributed by atoms with van der Waals surface area (Å²) in [4.78, 5) is 51.4. The summed E-state index contributed by atoms with van der Waals surface area (Å²) in [5.74, 6) is -0.681. The Morgan fingerprint density at radius 3 is 2.56 bits per heavy atom. The van der Waals surface area contributed by atoms with Crippen LogP contribution in [0.2, 0.25) is 0 Å². The van der Waals surface area contributed by atoms with Gasteiger partial charge in [0.1, 0.15) is 6.54 Å². The number of nitrogens with zero attached hydrogens (tertiary/aromatic N) is 2. The van der Waals surface area contributed by atoms with Crippen LogP contribution in [0.5, 0.6) is 11.5 Å². The van der Waals surface area contributed by atoms with E-state index in [-0.39, 0.29) is 23.1 Å². The fourth-order valence-electron chi connectivity index (χ4n) is 3.42. The van der Waals surface area contributed by atoms with Gasteiger partial charge in [0.2, 0.25) is 5.91 Å². The van der Waals surface area contributed by atoms with Crippen molar-refractivity contribution in [1.29, 1.82) is 0 Å². The molecule has 0 spiro atoms. The van der Waals surface area contributed by atoms with Crippen LogP contribution < -0.4 is 9.47 Å². The number of aliphatic carboxylic acids is 1. The summed E-state index contributed by atoms with van der Waals surface area (Å²) in [6, 6.07) is 4.79. The summed E-state index contributed by atoms with van der Waals surface area (Å²) in [5, 5.41) is 8.32. The topological polar surface area (TPSA) is 113 Å². The summed E-state index contributed by atoms with van der Waals surface area (Å²) in [6.07, 6.45) is 3.38. The van der Waals surface area contributed by atoms with Crippen molar-refractivity contribution in [3.63, 3.8) is 0 Å². The summed E-state index contributed by atoms with van der Waals surface area (Å²) in [7, 11) is 0. The highest BCUT2D eigenvalue weighted by Crippen LogP contribution is 2.34. The van der Waals surface area contributed by atoms with Crippen LogP contribution in [-0.2, 0) is 14.4 Å². The number of ether oxygens (including phenoxy) is 2. The second kappa shape index (κ2) is 10.5. The Balaban J connectivity index is 1.71. The minimum atomic E-state index is -1.11. The lowest BCUT2D eigenvalue weighted by atomic mass is 9.99. The normalized spacial score (nSPS) is 18.4. The largest absolute Gasteiger partial charge is 0.490 e. The molecule has 32 heavy (non-hydrogen) atoms. The van der Waals surface area contributed by atoms with E-state index in [1.54, 1.807) is 36.1 Å². The van der Waals surface area contributed by atoms with Gasteiger partial charge in [0.15, 0.2) is 18.1 Å². The molecule has 2 saturated heterocycles. The molecule has 1 aromatic carbocycles. The molecule has 172 valence electrons. The minimum absolute atomic E-state index is 0.205. The molecule has 0 aliphatic carbocycles. The molecular weight excluding hydrogens is 436 g/mol. The molecule has 0 atom stereocenters. The number of thioether (sulfide) groups is 1. The van der Waals surface area contributed by atoms with E-state index in [0.29, 0.717) is 36.9 Å². The van der Waals surface area contributed by atoms with E-state index in [1.165, 1.54) is 0 Å². The van der Waals surface area contributed by atoms with Crippen molar-refractivity contribution in [2.45, 2.75) is 26.7 Å². The molecule has 2 heterocycles. The maximum absolute atomic E-state index is 12.8. The second-order valence-electron chi connectivity index (χ2n) is 7.65. The quantitative estimate of drug-likeness (QED) is 0.587. The number of imide groups is 1. The highest BCUT2D eigenvalue weighted by molar-refractivity contribution is 8.18. The van der Waals surface area contributed by atoms with Crippen LogP contribution in [0.4, 0.5) is 4.79 Å². The van der Waals surface area contributed by atoms with Crippen LogP contribution in [0.3, 0.4) is 0 Å². The third kappa shape index (κ3) is 5.82. The predicted molar refractivity (Wildman–Crippen MR) is 118 cm³/mol. The molecule has 0 radical (unpaired) electrons. The lowest BCUT2D eigenvalue weighted by molar-refractivity contribution is -0.139. The van der Waals surface area contributed by atoms with Crippen molar-refractivity contribution < 1.29 is 33.8 Å². The number of likely N-dealkylation sites (tertiary alicyclic amines) is 1. The van der Waals surface area contributed by atoms with E-state index in [1.807, 2.05) is 0 Å². The Hall–Kier alpha value is -3.01. The zero-order valence-corrected chi connectivity index (χ0v) is 18.9. The van der Waals surface area contributed by atoms with Crippen LogP contribution in [-0.4, -0.2) is 70.8 Å². The third-order valence-electron chi connectivity index (χ3n) is 5.22. The number of carboxylic acid groups (broad SMARTS) is 1. The van der Waals surface area contributed by atoms with Gasteiger partial charge < -0.3 is 19.5 Å². The van der Waals surface area contributed by atoms with Crippen LogP contribution in [0, 0.1) is 5.92 Å². The molecule has 10 heteroatoms. The summed E-state index contributed by atoms with van der Waals surface area (Å²) in [6.45, 7) is 4.76. The number of hydrogen-bond donors (Lipinski definition) is 1. The Morgan fingerprint density at radius 2 is 1.91 bits per heavy atom. The summed E-state index contributed by atoms with van der Waals surface area (Å²) < 4.78 is 10.7. The lowest BCUT2D eigenvalue weighted by Crippen LogP contribution is -2.45. The molecule has 1 aromatic rings. The first-order valence-electron chi connectivity index (χ1n) is 10.4. The number of carboxylic acids is 1. The lowest BCUT2D eigenvalue weighted by Gasteiger charge is -2.31. The average Bonchev–Trinajstić information content (AvgIpc) is 3.01. The summed E-state index contributed by atoms with van der Waals surface area (Å²) >= 11 is 0.781. The van der Waals surface area contributed by atoms with E-state index in [0.717, 1.165) is 29.5 Å². The molecule has 3 rings (SSSR count). The monoisotopic (exact) mass is 462 g/mol. The highest BCUT2D eigenvalue weighted by Gasteiger charge is 2.37. The molecule has 3 amide bonds. The van der Waals surface area contributed by atoms with E-state index in [4.69, 9.17) is 14.6 Å². The van der Waals surface area contributed by atoms with Gasteiger partial charge in [-0.2, -0.15) is 0 Å². The molecule has 1 N–H and O–H groups in total. The van der Waals surface area contributed by atoms with E-state index >= 15 is 0 Å². The van der Waals surface area contributed by atoms with Crippen molar-refractivity contribution in [3.8, 4) is 11.5 Å². The predicted octanol–water partition coefficient (Wildman–Crippen LogP) is 2.84. The third-order valence-corrected chi connectivity index (χ3v) is 6.13. The second-order valence-corrected chi connectivity index (χ2v) is 8.65. The fraction of sp³-hybridized carbons (Fsp3) is 0.455. The Morgan fingerprint density at radius 1 is 1.19 bits per heavy atom. The molecule has 0 bridgehead atoms. The van der Waals surface area contributed by atoms with Crippen LogP contribution >= 0.6 is 11.8 Å². The maximum atomic E-state index is 12.8. The first-order chi connectivity index (χ1) is 15.3. The zero-order valence-electron chi connectivity index (χ0n) is 18.0. The van der Waals surface area contributed by atoms with Gasteiger partial charge in [0.25, 0.3) is 11.1 Å². The van der Waals surface area contributed by atoms with E-state index in [2.05, 4.69) is 6.92 Å². The SMILES string of the molecule is CCOc1cc(C=C2SC(=O)N(CC(=O)N3CCC(C)CC3)C2=O)ccc1OCC(=O)O. The molecule has 0 unspecified atom stereocenters. The number of rotatable bonds is 8. The van der Waals surface area contributed by atoms with Gasteiger partial charge >= 0.3 is 5.97 Å². The number of carbonyl (C=O) groups is 4. The first kappa shape index (κ1) is 23.6.